The van der Waals surface area contributed by atoms with Crippen molar-refractivity contribution in [3.63, 3.8) is 0 Å². The van der Waals surface area contributed by atoms with Crippen molar-refractivity contribution in [1.29, 1.82) is 0 Å². The second-order valence-electron chi connectivity index (χ2n) is 3.09. The molecule has 0 saturated heterocycles. The molecule has 0 radical (unpaired) electrons. The monoisotopic (exact) mass is 303 g/mol. The number of thiazole rings is 1. The maximum atomic E-state index is 13.0. The van der Waals surface area contributed by atoms with E-state index in [0.717, 1.165) is 6.20 Å². The molecule has 2 heterocycles. The van der Waals surface area contributed by atoms with Crippen LogP contribution in [0.3, 0.4) is 0 Å². The zero-order valence-electron chi connectivity index (χ0n) is 8.98. The van der Waals surface area contributed by atoms with Crippen LogP contribution in [0.25, 0.3) is 10.6 Å². The van der Waals surface area contributed by atoms with Gasteiger partial charge in [-0.3, -0.25) is 4.98 Å². The molecule has 0 amide bonds. The summed E-state index contributed by atoms with van der Waals surface area (Å²) in [5.41, 5.74) is 0.589. The van der Waals surface area contributed by atoms with E-state index < -0.39 is 5.82 Å². The molecule has 0 bridgehead atoms. The summed E-state index contributed by atoms with van der Waals surface area (Å²) in [7, 11) is 0. The number of hydrogen-bond acceptors (Lipinski definition) is 4. The number of hydrogen-bond donors (Lipinski definition) is 1. The van der Waals surface area contributed by atoms with Gasteiger partial charge in [0.25, 0.3) is 0 Å². The minimum absolute atomic E-state index is 0. The molecule has 0 unspecified atom stereocenters. The van der Waals surface area contributed by atoms with E-state index in [1.165, 1.54) is 23.6 Å². The molecule has 2 rings (SSSR count). The average molecular weight is 304 g/mol. The van der Waals surface area contributed by atoms with Crippen molar-refractivity contribution in [2.24, 2.45) is 0 Å². The molecule has 1 N–H and O–H groups in total. The first-order valence-corrected chi connectivity index (χ1v) is 5.84. The molecule has 0 aliphatic carbocycles. The SMILES string of the molecule is C#CCNc1sc(-c2cncc(F)c2)nc1Cl.Cl. The molecule has 18 heavy (non-hydrogen) atoms. The fourth-order valence-corrected chi connectivity index (χ4v) is 2.35. The third-order valence-electron chi connectivity index (χ3n) is 1.89. The maximum Gasteiger partial charge on any atom is 0.164 e. The second-order valence-corrected chi connectivity index (χ2v) is 4.45. The Kier molecular flexibility index (Phi) is 5.35. The van der Waals surface area contributed by atoms with Crippen molar-refractivity contribution in [2.45, 2.75) is 0 Å². The van der Waals surface area contributed by atoms with Crippen LogP contribution in [0, 0.1) is 18.2 Å². The highest BCUT2D eigenvalue weighted by atomic mass is 35.5. The lowest BCUT2D eigenvalue weighted by Gasteiger charge is -1.96. The fourth-order valence-electron chi connectivity index (χ4n) is 1.19. The molecule has 0 atom stereocenters. The van der Waals surface area contributed by atoms with Crippen LogP contribution in [0.5, 0.6) is 0 Å². The molecule has 0 aromatic carbocycles. The van der Waals surface area contributed by atoms with Crippen molar-refractivity contribution >= 4 is 40.3 Å². The number of aromatic nitrogens is 2. The normalized spacial score (nSPS) is 9.39. The zero-order valence-corrected chi connectivity index (χ0v) is 11.4. The zero-order chi connectivity index (χ0) is 12.3. The van der Waals surface area contributed by atoms with Crippen molar-refractivity contribution < 1.29 is 4.39 Å². The summed E-state index contributed by atoms with van der Waals surface area (Å²) in [6, 6.07) is 1.35. The summed E-state index contributed by atoms with van der Waals surface area (Å²) >= 11 is 7.23. The Hall–Kier alpha value is -1.35. The predicted octanol–water partition coefficient (Wildman–Crippen LogP) is 3.46. The molecular weight excluding hydrogens is 296 g/mol. The first-order chi connectivity index (χ1) is 8.20. The Morgan fingerprint density at radius 1 is 1.50 bits per heavy atom. The molecule has 0 aliphatic rings. The Balaban J connectivity index is 0.00000162. The first-order valence-electron chi connectivity index (χ1n) is 4.65. The highest BCUT2D eigenvalue weighted by Gasteiger charge is 2.11. The molecule has 7 heteroatoms. The van der Waals surface area contributed by atoms with Crippen LogP contribution >= 0.6 is 35.3 Å². The lowest BCUT2D eigenvalue weighted by atomic mass is 10.3. The molecule has 3 nitrogen and oxygen atoms in total. The maximum absolute atomic E-state index is 13.0. The van der Waals surface area contributed by atoms with Gasteiger partial charge in [-0.15, -0.1) is 18.8 Å². The Labute approximate surface area is 119 Å². The van der Waals surface area contributed by atoms with Crippen molar-refractivity contribution in [2.75, 3.05) is 11.9 Å². The summed E-state index contributed by atoms with van der Waals surface area (Å²) in [6.45, 7) is 0.364. The van der Waals surface area contributed by atoms with Gasteiger partial charge in [0.1, 0.15) is 15.8 Å². The van der Waals surface area contributed by atoms with Crippen molar-refractivity contribution in [3.05, 3.63) is 29.4 Å². The Bertz CT molecular complexity index is 580. The Morgan fingerprint density at radius 3 is 2.94 bits per heavy atom. The van der Waals surface area contributed by atoms with Crippen LogP contribution in [0.15, 0.2) is 18.5 Å². The van der Waals surface area contributed by atoms with E-state index in [1.54, 1.807) is 0 Å². The van der Waals surface area contributed by atoms with E-state index in [2.05, 4.69) is 21.2 Å². The van der Waals surface area contributed by atoms with E-state index in [-0.39, 0.29) is 12.4 Å². The smallest absolute Gasteiger partial charge is 0.164 e. The van der Waals surface area contributed by atoms with E-state index in [9.17, 15) is 4.39 Å². The lowest BCUT2D eigenvalue weighted by Crippen LogP contribution is -1.95. The number of rotatable bonds is 3. The third kappa shape index (κ3) is 3.33. The largest absolute Gasteiger partial charge is 0.363 e. The second kappa shape index (κ2) is 6.55. The summed E-state index contributed by atoms with van der Waals surface area (Å²) in [5, 5.41) is 4.53. The van der Waals surface area contributed by atoms with Crippen LogP contribution < -0.4 is 5.32 Å². The van der Waals surface area contributed by atoms with E-state index in [0.29, 0.717) is 27.3 Å². The summed E-state index contributed by atoms with van der Waals surface area (Å²) in [4.78, 5) is 7.88. The van der Waals surface area contributed by atoms with Crippen molar-refractivity contribution in [1.82, 2.24) is 9.97 Å². The highest BCUT2D eigenvalue weighted by molar-refractivity contribution is 7.19. The van der Waals surface area contributed by atoms with Gasteiger partial charge in [0.15, 0.2) is 5.15 Å². The fraction of sp³-hybridized carbons (Fsp3) is 0.0909. The molecule has 2 aromatic rings. The van der Waals surface area contributed by atoms with Crippen LogP contribution in [-0.4, -0.2) is 16.5 Å². The number of terminal acetylenes is 1. The van der Waals surface area contributed by atoms with Gasteiger partial charge in [0.2, 0.25) is 0 Å². The lowest BCUT2D eigenvalue weighted by molar-refractivity contribution is 0.622. The average Bonchev–Trinajstić information content (AvgIpc) is 2.68. The Morgan fingerprint density at radius 2 is 2.28 bits per heavy atom. The van der Waals surface area contributed by atoms with E-state index in [4.69, 9.17) is 18.0 Å². The quantitative estimate of drug-likeness (QED) is 0.882. The molecule has 94 valence electrons. The predicted molar refractivity (Wildman–Crippen MR) is 74.9 cm³/mol. The van der Waals surface area contributed by atoms with Gasteiger partial charge < -0.3 is 5.32 Å². The minimum atomic E-state index is -0.410. The molecule has 0 aliphatic heterocycles. The summed E-state index contributed by atoms with van der Waals surface area (Å²) in [5.74, 6) is 2.03. The van der Waals surface area contributed by atoms with Crippen LogP contribution in [-0.2, 0) is 0 Å². The third-order valence-corrected chi connectivity index (χ3v) is 3.34. The van der Waals surface area contributed by atoms with Crippen LogP contribution in [0.2, 0.25) is 5.15 Å². The van der Waals surface area contributed by atoms with Crippen LogP contribution in [0.4, 0.5) is 9.39 Å². The van der Waals surface area contributed by atoms with Gasteiger partial charge >= 0.3 is 0 Å². The first kappa shape index (κ1) is 14.7. The number of halogens is 3. The number of pyridine rings is 1. The number of nitrogens with one attached hydrogen (secondary N) is 1. The topological polar surface area (TPSA) is 37.8 Å². The van der Waals surface area contributed by atoms with Gasteiger partial charge in [0, 0.05) is 11.8 Å². The molecule has 0 fully saturated rings. The van der Waals surface area contributed by atoms with Gasteiger partial charge in [-0.2, -0.15) is 0 Å². The minimum Gasteiger partial charge on any atom is -0.363 e. The number of anilines is 1. The van der Waals surface area contributed by atoms with Gasteiger partial charge in [-0.25, -0.2) is 9.37 Å². The van der Waals surface area contributed by atoms with Gasteiger partial charge in [-0.1, -0.05) is 28.9 Å². The molecule has 0 spiro atoms. The van der Waals surface area contributed by atoms with Crippen molar-refractivity contribution in [3.8, 4) is 22.9 Å². The summed E-state index contributed by atoms with van der Waals surface area (Å²) in [6.07, 6.45) is 7.80. The molecule has 2 aromatic heterocycles. The van der Waals surface area contributed by atoms with E-state index in [1.807, 2.05) is 0 Å². The number of nitrogens with zero attached hydrogens (tertiary/aromatic N) is 2. The van der Waals surface area contributed by atoms with Gasteiger partial charge in [-0.05, 0) is 6.07 Å². The van der Waals surface area contributed by atoms with Gasteiger partial charge in [0.05, 0.1) is 12.7 Å². The summed E-state index contributed by atoms with van der Waals surface area (Å²) < 4.78 is 13.0. The van der Waals surface area contributed by atoms with Crippen LogP contribution in [0.1, 0.15) is 0 Å². The molecular formula is C11H8Cl2FN3S. The standard InChI is InChI=1S/C11H7ClFN3S.ClH/c1-2-3-15-11-9(12)16-10(17-11)7-4-8(13)6-14-5-7;/h1,4-6,15H,3H2;1H. The highest BCUT2D eigenvalue weighted by Crippen LogP contribution is 2.34. The van der Waals surface area contributed by atoms with E-state index >= 15 is 0 Å². The molecule has 0 saturated carbocycles.